The van der Waals surface area contributed by atoms with Crippen LogP contribution >= 0.6 is 0 Å². The van der Waals surface area contributed by atoms with E-state index in [9.17, 15) is 9.90 Å². The lowest BCUT2D eigenvalue weighted by atomic mass is 9.68. The number of aliphatic hydroxyl groups excluding tert-OH is 1. The molecule has 0 aromatic carbocycles. The maximum absolute atomic E-state index is 12.5. The van der Waals surface area contributed by atoms with E-state index >= 15 is 0 Å². The number of rotatable bonds is 6. The number of nitrogens with zero attached hydrogens (tertiary/aromatic N) is 2. The Bertz CT molecular complexity index is 524. The van der Waals surface area contributed by atoms with Crippen molar-refractivity contribution in [3.63, 3.8) is 0 Å². The molecule has 0 radical (unpaired) electrons. The number of carbonyl (C=O) groups excluding carboxylic acids is 1. The highest BCUT2D eigenvalue weighted by Gasteiger charge is 2.35. The maximum Gasteiger partial charge on any atom is 0.223 e. The molecule has 0 spiro atoms. The summed E-state index contributed by atoms with van der Waals surface area (Å²) in [6.45, 7) is 7.33. The van der Waals surface area contributed by atoms with Crippen molar-refractivity contribution in [2.45, 2.75) is 46.5 Å². The van der Waals surface area contributed by atoms with Gasteiger partial charge in [0.05, 0.1) is 6.20 Å². The van der Waals surface area contributed by atoms with Gasteiger partial charge >= 0.3 is 0 Å². The van der Waals surface area contributed by atoms with Crippen molar-refractivity contribution in [1.82, 2.24) is 15.1 Å². The van der Waals surface area contributed by atoms with Crippen molar-refractivity contribution in [2.75, 3.05) is 13.2 Å². The van der Waals surface area contributed by atoms with E-state index in [1.54, 1.807) is 4.68 Å². The van der Waals surface area contributed by atoms with Gasteiger partial charge in [0.15, 0.2) is 0 Å². The Kier molecular flexibility index (Phi) is 5.84. The summed E-state index contributed by atoms with van der Waals surface area (Å²) in [5.74, 6) is 0.886. The second-order valence-corrected chi connectivity index (χ2v) is 8.13. The molecule has 0 saturated heterocycles. The Hall–Kier alpha value is -1.36. The maximum atomic E-state index is 12.5. The van der Waals surface area contributed by atoms with E-state index < -0.39 is 0 Å². The minimum atomic E-state index is 0.0391. The van der Waals surface area contributed by atoms with Gasteiger partial charge in [-0.3, -0.25) is 9.48 Å². The summed E-state index contributed by atoms with van der Waals surface area (Å²) < 4.78 is 1.76. The Balaban J connectivity index is 1.84. The molecule has 1 aromatic heterocycles. The van der Waals surface area contributed by atoms with Gasteiger partial charge in [-0.25, -0.2) is 0 Å². The predicted octanol–water partition coefficient (Wildman–Crippen LogP) is 2.15. The van der Waals surface area contributed by atoms with E-state index in [-0.39, 0.29) is 29.8 Å². The zero-order valence-corrected chi connectivity index (χ0v) is 14.9. The lowest BCUT2D eigenvalue weighted by Gasteiger charge is -2.38. The molecule has 0 aliphatic heterocycles. The van der Waals surface area contributed by atoms with Crippen LogP contribution in [0.5, 0.6) is 0 Å². The number of hydrogen-bond acceptors (Lipinski definition) is 3. The lowest BCUT2D eigenvalue weighted by molar-refractivity contribution is -0.128. The van der Waals surface area contributed by atoms with Crippen molar-refractivity contribution < 1.29 is 9.90 Å². The van der Waals surface area contributed by atoms with Crippen LogP contribution in [0.15, 0.2) is 12.4 Å². The molecule has 1 heterocycles. The van der Waals surface area contributed by atoms with Crippen LogP contribution in [-0.2, 0) is 18.3 Å². The molecule has 23 heavy (non-hydrogen) atoms. The van der Waals surface area contributed by atoms with Gasteiger partial charge < -0.3 is 10.4 Å². The standard InChI is InChI=1S/C18H31N3O2/c1-13-5-16(8-18(2,3)7-13)17(23)19-9-15(12-22)6-14-10-20-21(4)11-14/h10-11,13,15-16,22H,5-9,12H2,1-4H3,(H,19,23)/t13-,15-,16+/m1/s1. The van der Waals surface area contributed by atoms with Crippen LogP contribution in [0.25, 0.3) is 0 Å². The zero-order valence-electron chi connectivity index (χ0n) is 14.9. The quantitative estimate of drug-likeness (QED) is 0.843. The summed E-state index contributed by atoms with van der Waals surface area (Å²) in [4.78, 5) is 12.5. The normalized spacial score (nSPS) is 25.1. The zero-order chi connectivity index (χ0) is 17.0. The summed E-state index contributed by atoms with van der Waals surface area (Å²) >= 11 is 0. The Morgan fingerprint density at radius 2 is 2.26 bits per heavy atom. The van der Waals surface area contributed by atoms with Gasteiger partial charge in [-0.1, -0.05) is 20.8 Å². The SMILES string of the molecule is C[C@@H]1C[C@H](C(=O)NC[C@H](CO)Cc2cnn(C)c2)CC(C)(C)C1. The summed E-state index contributed by atoms with van der Waals surface area (Å²) in [7, 11) is 1.88. The van der Waals surface area contributed by atoms with Crippen molar-refractivity contribution in [3.8, 4) is 0 Å². The third kappa shape index (κ3) is 5.34. The summed E-state index contributed by atoms with van der Waals surface area (Å²) in [6, 6.07) is 0. The molecule has 2 rings (SSSR count). The Morgan fingerprint density at radius 1 is 1.52 bits per heavy atom. The average Bonchev–Trinajstić information content (AvgIpc) is 2.86. The van der Waals surface area contributed by atoms with Crippen molar-refractivity contribution in [3.05, 3.63) is 18.0 Å². The predicted molar refractivity (Wildman–Crippen MR) is 90.8 cm³/mol. The van der Waals surface area contributed by atoms with Crippen LogP contribution in [0.1, 0.15) is 45.6 Å². The molecular weight excluding hydrogens is 290 g/mol. The minimum absolute atomic E-state index is 0.0391. The highest BCUT2D eigenvalue weighted by Crippen LogP contribution is 2.41. The highest BCUT2D eigenvalue weighted by atomic mass is 16.3. The third-order valence-corrected chi connectivity index (χ3v) is 4.86. The molecule has 0 unspecified atom stereocenters. The number of nitrogens with one attached hydrogen (secondary N) is 1. The molecule has 0 bridgehead atoms. The van der Waals surface area contributed by atoms with Gasteiger partial charge in [0.2, 0.25) is 5.91 Å². The lowest BCUT2D eigenvalue weighted by Crippen LogP contribution is -2.40. The molecule has 5 nitrogen and oxygen atoms in total. The molecular formula is C18H31N3O2. The molecule has 130 valence electrons. The first-order valence-electron chi connectivity index (χ1n) is 8.65. The van der Waals surface area contributed by atoms with Gasteiger partial charge in [-0.2, -0.15) is 5.10 Å². The summed E-state index contributed by atoms with van der Waals surface area (Å²) in [5, 5.41) is 16.8. The first-order valence-corrected chi connectivity index (χ1v) is 8.65. The molecule has 1 amide bonds. The van der Waals surface area contributed by atoms with Gasteiger partial charge in [0, 0.05) is 38.2 Å². The molecule has 1 aromatic rings. The van der Waals surface area contributed by atoms with Gasteiger partial charge in [0.1, 0.15) is 0 Å². The minimum Gasteiger partial charge on any atom is -0.396 e. The second kappa shape index (κ2) is 7.47. The molecule has 1 saturated carbocycles. The van der Waals surface area contributed by atoms with E-state index in [0.29, 0.717) is 12.5 Å². The highest BCUT2D eigenvalue weighted by molar-refractivity contribution is 5.78. The molecule has 1 aliphatic rings. The first kappa shape index (κ1) is 18.0. The molecule has 1 aliphatic carbocycles. The van der Waals surface area contributed by atoms with Crippen molar-refractivity contribution >= 4 is 5.91 Å². The number of aromatic nitrogens is 2. The van der Waals surface area contributed by atoms with Crippen LogP contribution in [0.3, 0.4) is 0 Å². The van der Waals surface area contributed by atoms with Gasteiger partial charge in [-0.15, -0.1) is 0 Å². The van der Waals surface area contributed by atoms with E-state index in [1.165, 1.54) is 6.42 Å². The van der Waals surface area contributed by atoms with E-state index in [0.717, 1.165) is 24.8 Å². The smallest absolute Gasteiger partial charge is 0.223 e. The van der Waals surface area contributed by atoms with Crippen molar-refractivity contribution in [2.24, 2.45) is 30.2 Å². The topological polar surface area (TPSA) is 67.2 Å². The number of carbonyl (C=O) groups is 1. The number of aliphatic hydroxyl groups is 1. The molecule has 3 atom stereocenters. The molecule has 5 heteroatoms. The second-order valence-electron chi connectivity index (χ2n) is 8.13. The van der Waals surface area contributed by atoms with Gasteiger partial charge in [-0.05, 0) is 42.6 Å². The fourth-order valence-corrected chi connectivity index (χ4v) is 4.05. The number of aryl methyl sites for hydroxylation is 1. The monoisotopic (exact) mass is 321 g/mol. The third-order valence-electron chi connectivity index (χ3n) is 4.86. The van der Waals surface area contributed by atoms with Crippen LogP contribution in [-0.4, -0.2) is 33.9 Å². The average molecular weight is 321 g/mol. The Labute approximate surface area is 139 Å². The number of amides is 1. The van der Waals surface area contributed by atoms with Crippen LogP contribution in [0, 0.1) is 23.2 Å². The van der Waals surface area contributed by atoms with Crippen LogP contribution < -0.4 is 5.32 Å². The fourth-order valence-electron chi connectivity index (χ4n) is 4.05. The largest absolute Gasteiger partial charge is 0.396 e. The van der Waals surface area contributed by atoms with Crippen LogP contribution in [0.2, 0.25) is 0 Å². The van der Waals surface area contributed by atoms with E-state index in [2.05, 4.69) is 31.2 Å². The summed E-state index contributed by atoms with van der Waals surface area (Å²) in [5.41, 5.74) is 1.33. The van der Waals surface area contributed by atoms with Gasteiger partial charge in [0.25, 0.3) is 0 Å². The number of hydrogen-bond donors (Lipinski definition) is 2. The molecule has 1 fully saturated rings. The summed E-state index contributed by atoms with van der Waals surface area (Å²) in [6.07, 6.45) is 7.62. The fraction of sp³-hybridized carbons (Fsp3) is 0.778. The van der Waals surface area contributed by atoms with E-state index in [1.807, 2.05) is 19.4 Å². The van der Waals surface area contributed by atoms with E-state index in [4.69, 9.17) is 0 Å². The first-order chi connectivity index (χ1) is 10.8. The van der Waals surface area contributed by atoms with Crippen molar-refractivity contribution in [1.29, 1.82) is 0 Å². The van der Waals surface area contributed by atoms with Crippen LogP contribution in [0.4, 0.5) is 0 Å². The Morgan fingerprint density at radius 3 is 2.83 bits per heavy atom. The molecule has 2 N–H and O–H groups in total.